The van der Waals surface area contributed by atoms with Gasteiger partial charge >= 0.3 is 5.97 Å². The first-order valence-corrected chi connectivity index (χ1v) is 24.1. The van der Waals surface area contributed by atoms with Gasteiger partial charge in [-0.25, -0.2) is 0 Å². The fourth-order valence-electron chi connectivity index (χ4n) is 7.60. The summed E-state index contributed by atoms with van der Waals surface area (Å²) in [7, 11) is 0. The van der Waals surface area contributed by atoms with Gasteiger partial charge in [-0.1, -0.05) is 46.2 Å². The van der Waals surface area contributed by atoms with Crippen LogP contribution in [-0.4, -0.2) is 172 Å². The molecule has 19 N–H and O–H groups in total. The van der Waals surface area contributed by atoms with Crippen LogP contribution in [0.15, 0.2) is 29.3 Å². The molecule has 1 heterocycles. The summed E-state index contributed by atoms with van der Waals surface area (Å²) >= 11 is 0. The topological polar surface area (TPSA) is 438 Å². The number of aromatic hydroxyl groups is 1. The summed E-state index contributed by atoms with van der Waals surface area (Å²) in [5, 5.41) is 57.1. The Morgan fingerprint density at radius 3 is 1.76 bits per heavy atom. The van der Waals surface area contributed by atoms with Crippen LogP contribution in [0, 0.1) is 11.8 Å². The number of unbranched alkanes of at least 4 members (excludes halogenated alkanes) is 1. The third kappa shape index (κ3) is 20.6. The summed E-state index contributed by atoms with van der Waals surface area (Å²) in [4.78, 5) is 126. The third-order valence-electron chi connectivity index (χ3n) is 11.7. The maximum Gasteiger partial charge on any atom is 0.325 e. The summed E-state index contributed by atoms with van der Waals surface area (Å²) in [5.74, 6) is -9.20. The second-order valence-electron chi connectivity index (χ2n) is 18.5. The number of aliphatic hydroxyl groups is 2. The van der Waals surface area contributed by atoms with E-state index in [1.54, 1.807) is 27.7 Å². The molecule has 0 spiro atoms. The minimum Gasteiger partial charge on any atom is -0.508 e. The number of carbonyl (C=O) groups excluding carboxylic acids is 8. The highest BCUT2D eigenvalue weighted by Gasteiger charge is 2.39. The van der Waals surface area contributed by atoms with Crippen molar-refractivity contribution in [2.45, 2.75) is 147 Å². The number of aliphatic hydroxyl groups excluding tert-OH is 2. The normalized spacial score (nSPS) is 16.7. The van der Waals surface area contributed by atoms with E-state index in [0.717, 1.165) is 0 Å². The number of rotatable bonds is 31. The summed E-state index contributed by atoms with van der Waals surface area (Å²) in [6.45, 7) is 6.78. The van der Waals surface area contributed by atoms with Gasteiger partial charge in [0.05, 0.1) is 19.3 Å². The quantitative estimate of drug-likeness (QED) is 0.0190. The Morgan fingerprint density at radius 1 is 0.694 bits per heavy atom. The van der Waals surface area contributed by atoms with Crippen molar-refractivity contribution in [1.29, 1.82) is 0 Å². The van der Waals surface area contributed by atoms with Crippen LogP contribution in [0.3, 0.4) is 0 Å². The lowest BCUT2D eigenvalue weighted by atomic mass is 10.0. The molecule has 1 saturated heterocycles. The van der Waals surface area contributed by atoms with Gasteiger partial charge in [0.1, 0.15) is 54.1 Å². The minimum atomic E-state index is -1.74. The van der Waals surface area contributed by atoms with Crippen LogP contribution in [0.1, 0.15) is 91.5 Å². The fourth-order valence-corrected chi connectivity index (χ4v) is 7.60. The number of hydrogen-bond donors (Lipinski definition) is 15. The number of carboxylic acid groups (broad SMARTS) is 1. The molecule has 1 aliphatic rings. The number of nitrogens with one attached hydrogen (secondary N) is 7. The van der Waals surface area contributed by atoms with Gasteiger partial charge in [0.2, 0.25) is 47.3 Å². The molecule has 0 radical (unpaired) electrons. The van der Waals surface area contributed by atoms with Crippen molar-refractivity contribution in [3.63, 3.8) is 0 Å². The summed E-state index contributed by atoms with van der Waals surface area (Å²) in [6, 6.07) is -6.40. The van der Waals surface area contributed by atoms with E-state index in [4.69, 9.17) is 22.9 Å². The third-order valence-corrected chi connectivity index (χ3v) is 11.7. The van der Waals surface area contributed by atoms with Crippen molar-refractivity contribution in [3.05, 3.63) is 29.8 Å². The van der Waals surface area contributed by atoms with E-state index in [2.05, 4.69) is 42.2 Å². The van der Waals surface area contributed by atoms with Gasteiger partial charge in [0.15, 0.2) is 5.96 Å². The number of guanidine groups is 1. The summed E-state index contributed by atoms with van der Waals surface area (Å²) in [5.41, 5.74) is 22.9. The second-order valence-corrected chi connectivity index (χ2v) is 18.5. The number of phenolic OH excluding ortho intramolecular Hbond substituents is 1. The number of phenols is 1. The predicted molar refractivity (Wildman–Crippen MR) is 263 cm³/mol. The van der Waals surface area contributed by atoms with E-state index < -0.39 is 127 Å². The monoisotopic (exact) mass is 1020 g/mol. The van der Waals surface area contributed by atoms with Gasteiger partial charge in [-0.2, -0.15) is 0 Å². The molecule has 0 bridgehead atoms. The standard InChI is InChI=1S/C46H77N13O13/c1-24(2)20-31(54-41(67)34(23-61)57-43(69)36(25(3)4)58-42(68)35-12-9-19-59(35)44(70)29(48)10-6-7-17-47)38(64)56-33(22-60)40(66)55-32(21-27-13-15-28(62)16-14-27)39(65)53-30(11-8-18-51-46(49)50)37(63)52-26(5)45(71)72/h13-16,24-26,29-36,60-62H,6-12,17-23,47-48H2,1-5H3,(H,52,63)(H,53,65)(H,54,67)(H,55,66)(H,56,64)(H,57,69)(H,58,68)(H,71,72)(H4,49,50,51)/t26-,29-,30-,31-,32-,33-,34-,35-,36-/m0/s1. The van der Waals surface area contributed by atoms with E-state index in [-0.39, 0.29) is 49.9 Å². The molecular weight excluding hydrogens is 943 g/mol. The predicted octanol–water partition coefficient (Wildman–Crippen LogP) is -4.38. The fraction of sp³-hybridized carbons (Fsp3) is 0.652. The molecule has 1 aromatic rings. The largest absolute Gasteiger partial charge is 0.508 e. The molecule has 1 aliphatic heterocycles. The molecule has 8 amide bonds. The lowest BCUT2D eigenvalue weighted by Crippen LogP contribution is -2.62. The van der Waals surface area contributed by atoms with Gasteiger partial charge in [-0.05, 0) is 87.9 Å². The number of aliphatic imine (C=N–C) groups is 1. The van der Waals surface area contributed by atoms with E-state index in [1.807, 2.05) is 0 Å². The lowest BCUT2D eigenvalue weighted by Gasteiger charge is -2.30. The van der Waals surface area contributed by atoms with Crippen LogP contribution in [0.2, 0.25) is 0 Å². The van der Waals surface area contributed by atoms with Crippen molar-refractivity contribution in [3.8, 4) is 5.75 Å². The first-order chi connectivity index (χ1) is 33.9. The zero-order chi connectivity index (χ0) is 54.2. The Bertz CT molecular complexity index is 2020. The Labute approximate surface area is 419 Å². The molecule has 0 aliphatic carbocycles. The smallest absolute Gasteiger partial charge is 0.325 e. The zero-order valence-electron chi connectivity index (χ0n) is 41.7. The highest BCUT2D eigenvalue weighted by atomic mass is 16.4. The highest BCUT2D eigenvalue weighted by molar-refractivity contribution is 5.98. The SMILES string of the molecule is CC(C)C[C@H](NC(=O)[C@H](CO)NC(=O)[C@@H](NC(=O)[C@@H]1CCCN1C(=O)[C@@H](N)CCCCN)C(C)C)C(=O)N[C@@H](CO)C(=O)N[C@@H](Cc1ccc(O)cc1)C(=O)N[C@@H](CCCN=C(N)N)C(=O)N[C@@H](C)C(=O)O. The summed E-state index contributed by atoms with van der Waals surface area (Å²) in [6.07, 6.45) is 2.35. The van der Waals surface area contributed by atoms with Crippen molar-refractivity contribution in [2.24, 2.45) is 39.8 Å². The van der Waals surface area contributed by atoms with Crippen LogP contribution in [-0.2, 0) is 49.6 Å². The molecular formula is C46H77N13O13. The van der Waals surface area contributed by atoms with Crippen molar-refractivity contribution >= 4 is 59.2 Å². The zero-order valence-corrected chi connectivity index (χ0v) is 41.7. The molecule has 0 unspecified atom stereocenters. The highest BCUT2D eigenvalue weighted by Crippen LogP contribution is 2.20. The van der Waals surface area contributed by atoms with Crippen molar-refractivity contribution < 1.29 is 63.6 Å². The van der Waals surface area contributed by atoms with Crippen LogP contribution in [0.5, 0.6) is 5.75 Å². The molecule has 0 aromatic heterocycles. The molecule has 9 atom stereocenters. The van der Waals surface area contributed by atoms with E-state index in [1.165, 1.54) is 36.1 Å². The number of nitrogens with two attached hydrogens (primary N) is 4. The van der Waals surface area contributed by atoms with E-state index in [9.17, 15) is 63.6 Å². The van der Waals surface area contributed by atoms with Crippen LogP contribution >= 0.6 is 0 Å². The average Bonchev–Trinajstić information content (AvgIpc) is 3.82. The number of aliphatic carboxylic acids is 1. The number of hydrogen-bond acceptors (Lipinski definition) is 15. The lowest BCUT2D eigenvalue weighted by molar-refractivity contribution is -0.142. The number of amides is 8. The Morgan fingerprint density at radius 2 is 1.22 bits per heavy atom. The van der Waals surface area contributed by atoms with Crippen molar-refractivity contribution in [2.75, 3.05) is 32.8 Å². The minimum absolute atomic E-state index is 0.0413. The molecule has 1 fully saturated rings. The van der Waals surface area contributed by atoms with Crippen LogP contribution in [0.25, 0.3) is 0 Å². The van der Waals surface area contributed by atoms with Gasteiger partial charge in [0, 0.05) is 19.5 Å². The van der Waals surface area contributed by atoms with Gasteiger partial charge in [-0.15, -0.1) is 0 Å². The molecule has 26 nitrogen and oxygen atoms in total. The second kappa shape index (κ2) is 31.0. The number of carboxylic acids is 1. The first-order valence-electron chi connectivity index (χ1n) is 24.1. The number of likely N-dealkylation sites (tertiary alicyclic amines) is 1. The molecule has 404 valence electrons. The average molecular weight is 1020 g/mol. The Kier molecular flexibility index (Phi) is 26.4. The van der Waals surface area contributed by atoms with Crippen molar-refractivity contribution in [1.82, 2.24) is 42.1 Å². The number of carbonyl (C=O) groups is 9. The van der Waals surface area contributed by atoms with Crippen LogP contribution in [0.4, 0.5) is 0 Å². The maximum absolute atomic E-state index is 13.9. The maximum atomic E-state index is 13.9. The Hall–Kier alpha value is -6.64. The molecule has 2 rings (SSSR count). The number of nitrogens with zero attached hydrogens (tertiary/aromatic N) is 2. The molecule has 72 heavy (non-hydrogen) atoms. The Balaban J connectivity index is 2.28. The van der Waals surface area contributed by atoms with E-state index >= 15 is 0 Å². The molecule has 0 saturated carbocycles. The van der Waals surface area contributed by atoms with Gasteiger partial charge in [-0.3, -0.25) is 48.1 Å². The number of benzene rings is 1. The van der Waals surface area contributed by atoms with Gasteiger partial charge in [0.25, 0.3) is 0 Å². The van der Waals surface area contributed by atoms with Crippen LogP contribution < -0.4 is 60.2 Å². The molecule has 1 aromatic carbocycles. The summed E-state index contributed by atoms with van der Waals surface area (Å²) < 4.78 is 0. The van der Waals surface area contributed by atoms with Gasteiger partial charge < -0.3 is 85.5 Å². The first kappa shape index (κ1) is 61.5. The van der Waals surface area contributed by atoms with E-state index in [0.29, 0.717) is 50.8 Å². The molecule has 26 heteroatoms.